The fraction of sp³-hybridized carbons (Fsp3) is 0.375. The van der Waals surface area contributed by atoms with E-state index in [4.69, 9.17) is 4.42 Å². The molecule has 0 amide bonds. The van der Waals surface area contributed by atoms with Crippen molar-refractivity contribution in [1.29, 1.82) is 0 Å². The van der Waals surface area contributed by atoms with Crippen LogP contribution in [0.1, 0.15) is 42.3 Å². The normalized spacial score (nSPS) is 12.6. The summed E-state index contributed by atoms with van der Waals surface area (Å²) in [5, 5.41) is 3.56. The quantitative estimate of drug-likeness (QED) is 0.863. The van der Waals surface area contributed by atoms with Gasteiger partial charge in [0.15, 0.2) is 0 Å². The number of hydrogen-bond acceptors (Lipinski definition) is 2. The second-order valence-corrected chi connectivity index (χ2v) is 4.50. The highest BCUT2D eigenvalue weighted by molar-refractivity contribution is 5.37. The van der Waals surface area contributed by atoms with Crippen molar-refractivity contribution < 1.29 is 4.42 Å². The van der Waals surface area contributed by atoms with E-state index in [0.29, 0.717) is 0 Å². The second kappa shape index (κ2) is 5.87. The van der Waals surface area contributed by atoms with Gasteiger partial charge in [0.25, 0.3) is 0 Å². The van der Waals surface area contributed by atoms with Gasteiger partial charge in [0.1, 0.15) is 5.76 Å². The van der Waals surface area contributed by atoms with Crippen molar-refractivity contribution in [3.8, 4) is 0 Å². The summed E-state index contributed by atoms with van der Waals surface area (Å²) in [5.41, 5.74) is 3.90. The van der Waals surface area contributed by atoms with Crippen LogP contribution in [0.15, 0.2) is 41.0 Å². The lowest BCUT2D eigenvalue weighted by Gasteiger charge is -2.20. The van der Waals surface area contributed by atoms with Gasteiger partial charge in [-0.05, 0) is 30.7 Å². The molecule has 0 fully saturated rings. The van der Waals surface area contributed by atoms with E-state index < -0.39 is 0 Å². The average Bonchev–Trinajstić information content (AvgIpc) is 2.85. The molecule has 1 heterocycles. The zero-order valence-electron chi connectivity index (χ0n) is 11.4. The maximum Gasteiger partial charge on any atom is 0.108 e. The van der Waals surface area contributed by atoms with Crippen LogP contribution < -0.4 is 5.32 Å². The molecule has 0 bridgehead atoms. The molecule has 2 heteroatoms. The first-order chi connectivity index (χ1) is 8.77. The summed E-state index contributed by atoms with van der Waals surface area (Å²) < 4.78 is 5.56. The summed E-state index contributed by atoms with van der Waals surface area (Å²) >= 11 is 0. The van der Waals surface area contributed by atoms with Gasteiger partial charge in [0, 0.05) is 12.0 Å². The van der Waals surface area contributed by atoms with E-state index in [9.17, 15) is 0 Å². The number of rotatable bonds is 5. The van der Waals surface area contributed by atoms with Crippen molar-refractivity contribution in [3.63, 3.8) is 0 Å². The van der Waals surface area contributed by atoms with Gasteiger partial charge < -0.3 is 9.73 Å². The summed E-state index contributed by atoms with van der Waals surface area (Å²) in [6.07, 6.45) is 2.72. The van der Waals surface area contributed by atoms with E-state index in [1.165, 1.54) is 16.7 Å². The Balaban J connectivity index is 2.43. The van der Waals surface area contributed by atoms with Crippen LogP contribution in [0, 0.1) is 6.92 Å². The highest BCUT2D eigenvalue weighted by Crippen LogP contribution is 2.28. The van der Waals surface area contributed by atoms with E-state index in [1.807, 2.05) is 0 Å². The van der Waals surface area contributed by atoms with Gasteiger partial charge in [-0.3, -0.25) is 0 Å². The van der Waals surface area contributed by atoms with Crippen LogP contribution in [0.5, 0.6) is 0 Å². The molecule has 2 rings (SSSR count). The number of furan rings is 1. The monoisotopic (exact) mass is 243 g/mol. The average molecular weight is 243 g/mol. The smallest absolute Gasteiger partial charge is 0.108 e. The summed E-state index contributed by atoms with van der Waals surface area (Å²) in [4.78, 5) is 0. The van der Waals surface area contributed by atoms with E-state index in [-0.39, 0.29) is 6.04 Å². The first kappa shape index (κ1) is 12.9. The van der Waals surface area contributed by atoms with Crippen LogP contribution in [-0.4, -0.2) is 6.54 Å². The lowest BCUT2D eigenvalue weighted by molar-refractivity contribution is 0.502. The van der Waals surface area contributed by atoms with Crippen LogP contribution in [0.2, 0.25) is 0 Å². The highest BCUT2D eigenvalue weighted by Gasteiger charge is 2.19. The third-order valence-corrected chi connectivity index (χ3v) is 3.32. The second-order valence-electron chi connectivity index (χ2n) is 4.50. The van der Waals surface area contributed by atoms with Crippen LogP contribution >= 0.6 is 0 Å². The molecule has 1 unspecified atom stereocenters. The maximum atomic E-state index is 5.56. The zero-order valence-corrected chi connectivity index (χ0v) is 11.4. The van der Waals surface area contributed by atoms with Gasteiger partial charge in [-0.25, -0.2) is 0 Å². The molecule has 2 aromatic rings. The molecule has 0 aliphatic heterocycles. The SMILES string of the molecule is CCNC(c1ccccc1C)c1ccoc1CC. The van der Waals surface area contributed by atoms with E-state index in [2.05, 4.69) is 56.4 Å². The Morgan fingerprint density at radius 1 is 1.11 bits per heavy atom. The van der Waals surface area contributed by atoms with Gasteiger partial charge in [-0.1, -0.05) is 38.1 Å². The molecule has 0 saturated heterocycles. The fourth-order valence-corrected chi connectivity index (χ4v) is 2.40. The standard InChI is InChI=1S/C16H21NO/c1-4-15-14(10-11-18-15)16(17-5-2)13-9-7-6-8-12(13)3/h6-11,16-17H,4-5H2,1-3H3. The predicted molar refractivity (Wildman–Crippen MR) is 74.8 cm³/mol. The molecule has 2 nitrogen and oxygen atoms in total. The van der Waals surface area contributed by atoms with Crippen molar-refractivity contribution in [2.24, 2.45) is 0 Å². The van der Waals surface area contributed by atoms with Gasteiger partial charge in [0.05, 0.1) is 12.3 Å². The van der Waals surface area contributed by atoms with Gasteiger partial charge in [-0.15, -0.1) is 0 Å². The Labute approximate surface area is 109 Å². The Bertz CT molecular complexity index is 501. The van der Waals surface area contributed by atoms with Crippen LogP contribution in [0.4, 0.5) is 0 Å². The minimum absolute atomic E-state index is 0.227. The molecule has 0 aliphatic carbocycles. The maximum absolute atomic E-state index is 5.56. The Kier molecular flexibility index (Phi) is 4.21. The van der Waals surface area contributed by atoms with Crippen LogP contribution in [0.25, 0.3) is 0 Å². The number of aryl methyl sites for hydroxylation is 2. The van der Waals surface area contributed by atoms with E-state index >= 15 is 0 Å². The van der Waals surface area contributed by atoms with Crippen molar-refractivity contribution in [3.05, 3.63) is 59.0 Å². The van der Waals surface area contributed by atoms with Crippen molar-refractivity contribution >= 4 is 0 Å². The Morgan fingerprint density at radius 2 is 1.89 bits per heavy atom. The highest BCUT2D eigenvalue weighted by atomic mass is 16.3. The molecule has 0 saturated carbocycles. The molecule has 96 valence electrons. The molecule has 1 aromatic carbocycles. The molecule has 0 aliphatic rings. The fourth-order valence-electron chi connectivity index (χ4n) is 2.40. The van der Waals surface area contributed by atoms with Crippen molar-refractivity contribution in [2.75, 3.05) is 6.54 Å². The van der Waals surface area contributed by atoms with Crippen LogP contribution in [-0.2, 0) is 6.42 Å². The molecule has 0 radical (unpaired) electrons. The van der Waals surface area contributed by atoms with E-state index in [1.54, 1.807) is 6.26 Å². The molecule has 18 heavy (non-hydrogen) atoms. The van der Waals surface area contributed by atoms with Crippen molar-refractivity contribution in [1.82, 2.24) is 5.32 Å². The Morgan fingerprint density at radius 3 is 2.56 bits per heavy atom. The zero-order chi connectivity index (χ0) is 13.0. The lowest BCUT2D eigenvalue weighted by atomic mass is 9.94. The molecule has 0 spiro atoms. The lowest BCUT2D eigenvalue weighted by Crippen LogP contribution is -2.23. The number of nitrogens with one attached hydrogen (secondary N) is 1. The topological polar surface area (TPSA) is 25.2 Å². The minimum atomic E-state index is 0.227. The van der Waals surface area contributed by atoms with E-state index in [0.717, 1.165) is 18.7 Å². The number of benzene rings is 1. The molecule has 1 atom stereocenters. The van der Waals surface area contributed by atoms with Gasteiger partial charge in [-0.2, -0.15) is 0 Å². The van der Waals surface area contributed by atoms with Gasteiger partial charge >= 0.3 is 0 Å². The van der Waals surface area contributed by atoms with Crippen LogP contribution in [0.3, 0.4) is 0 Å². The molecular formula is C16H21NO. The number of hydrogen-bond donors (Lipinski definition) is 1. The molecule has 1 N–H and O–H groups in total. The van der Waals surface area contributed by atoms with Gasteiger partial charge in [0.2, 0.25) is 0 Å². The summed E-state index contributed by atoms with van der Waals surface area (Å²) in [6.45, 7) is 7.36. The molecular weight excluding hydrogens is 222 g/mol. The largest absolute Gasteiger partial charge is 0.469 e. The third-order valence-electron chi connectivity index (χ3n) is 3.32. The predicted octanol–water partition coefficient (Wildman–Crippen LogP) is 3.85. The van der Waals surface area contributed by atoms with Crippen molar-refractivity contribution in [2.45, 2.75) is 33.2 Å². The first-order valence-corrected chi connectivity index (χ1v) is 6.63. The minimum Gasteiger partial charge on any atom is -0.469 e. The molecule has 1 aromatic heterocycles. The summed E-state index contributed by atoms with van der Waals surface area (Å²) in [5.74, 6) is 1.07. The summed E-state index contributed by atoms with van der Waals surface area (Å²) in [6, 6.07) is 10.8. The first-order valence-electron chi connectivity index (χ1n) is 6.63. The summed E-state index contributed by atoms with van der Waals surface area (Å²) in [7, 11) is 0. The third kappa shape index (κ3) is 2.49. The Hall–Kier alpha value is -1.54.